The van der Waals surface area contributed by atoms with E-state index in [0.717, 1.165) is 0 Å². The van der Waals surface area contributed by atoms with Crippen molar-refractivity contribution < 1.29 is 27.5 Å². The van der Waals surface area contributed by atoms with Crippen molar-refractivity contribution in [1.29, 1.82) is 0 Å². The fourth-order valence-corrected chi connectivity index (χ4v) is 1.80. The van der Waals surface area contributed by atoms with Gasteiger partial charge in [-0.05, 0) is 29.8 Å². The minimum absolute atomic E-state index is 0.0648. The van der Waals surface area contributed by atoms with Crippen LogP contribution in [0.15, 0.2) is 34.9 Å². The molecule has 1 aromatic carbocycles. The molecule has 1 heterocycles. The molecule has 2 rings (SSSR count). The summed E-state index contributed by atoms with van der Waals surface area (Å²) in [6.45, 7) is -3.01. The van der Waals surface area contributed by atoms with E-state index in [2.05, 4.69) is 10.1 Å². The van der Waals surface area contributed by atoms with Crippen molar-refractivity contribution in [2.45, 2.75) is 6.61 Å². The van der Waals surface area contributed by atoms with Crippen molar-refractivity contribution in [2.24, 2.45) is 0 Å². The van der Waals surface area contributed by atoms with Gasteiger partial charge in [-0.2, -0.15) is 8.78 Å². The summed E-state index contributed by atoms with van der Waals surface area (Å²) in [7, 11) is 1.32. The molecule has 0 unspecified atom stereocenters. The Morgan fingerprint density at radius 1 is 1.33 bits per heavy atom. The third kappa shape index (κ3) is 3.63. The van der Waals surface area contributed by atoms with E-state index in [4.69, 9.17) is 20.8 Å². The molecule has 0 bridgehead atoms. The summed E-state index contributed by atoms with van der Waals surface area (Å²) in [6, 6.07) is 5.47. The van der Waals surface area contributed by atoms with Gasteiger partial charge in [-0.1, -0.05) is 0 Å². The number of halogens is 3. The molecule has 0 spiro atoms. The summed E-state index contributed by atoms with van der Waals surface area (Å²) >= 11 is 5.68. The van der Waals surface area contributed by atoms with Crippen LogP contribution in [-0.2, 0) is 0 Å². The zero-order valence-corrected chi connectivity index (χ0v) is 11.5. The first-order valence-corrected chi connectivity index (χ1v) is 6.06. The molecule has 0 aliphatic heterocycles. The number of hydrogen-bond donors (Lipinski definition) is 1. The molecule has 1 N–H and O–H groups in total. The summed E-state index contributed by atoms with van der Waals surface area (Å²) in [6.07, 6.45) is 1.26. The fourth-order valence-electron chi connectivity index (χ4n) is 1.60. The van der Waals surface area contributed by atoms with Gasteiger partial charge >= 0.3 is 6.61 Å². The molecule has 2 aromatic rings. The molecule has 0 atom stereocenters. The van der Waals surface area contributed by atoms with E-state index in [1.165, 1.54) is 37.6 Å². The lowest BCUT2D eigenvalue weighted by Gasteiger charge is -2.12. The van der Waals surface area contributed by atoms with Crippen molar-refractivity contribution >= 4 is 23.2 Å². The predicted molar refractivity (Wildman–Crippen MR) is 71.3 cm³/mol. The number of alkyl halides is 2. The molecule has 1 aromatic heterocycles. The second kappa shape index (κ2) is 6.45. The van der Waals surface area contributed by atoms with Crippen LogP contribution in [-0.4, -0.2) is 19.6 Å². The van der Waals surface area contributed by atoms with Crippen molar-refractivity contribution in [3.05, 3.63) is 41.3 Å². The van der Waals surface area contributed by atoms with Gasteiger partial charge in [0.05, 0.1) is 18.9 Å². The summed E-state index contributed by atoms with van der Waals surface area (Å²) < 4.78 is 38.6. The highest BCUT2D eigenvalue weighted by atomic mass is 35.5. The maximum Gasteiger partial charge on any atom is 0.387 e. The largest absolute Gasteiger partial charge is 0.493 e. The molecule has 0 fully saturated rings. The Morgan fingerprint density at radius 2 is 2.10 bits per heavy atom. The third-order valence-corrected chi connectivity index (χ3v) is 2.79. The first-order valence-electron chi connectivity index (χ1n) is 5.68. The van der Waals surface area contributed by atoms with Crippen LogP contribution in [0.2, 0.25) is 5.22 Å². The average molecular weight is 318 g/mol. The highest BCUT2D eigenvalue weighted by Gasteiger charge is 2.15. The van der Waals surface area contributed by atoms with Crippen LogP contribution in [0.5, 0.6) is 11.5 Å². The van der Waals surface area contributed by atoms with Crippen molar-refractivity contribution in [3.63, 3.8) is 0 Å². The first kappa shape index (κ1) is 15.1. The topological polar surface area (TPSA) is 60.7 Å². The molecule has 5 nitrogen and oxygen atoms in total. The number of hydrogen-bond acceptors (Lipinski definition) is 4. The number of amides is 1. The second-order valence-corrected chi connectivity index (χ2v) is 4.15. The summed E-state index contributed by atoms with van der Waals surface area (Å²) in [4.78, 5) is 11.9. The number of benzene rings is 1. The standard InChI is InChI=1S/C13H10ClF2NO4/c1-19-9-3-2-7(6-10(9)21-13(15)16)17-12(18)8-4-5-20-11(8)14/h2-6,13H,1H3,(H,17,18). The quantitative estimate of drug-likeness (QED) is 0.911. The van der Waals surface area contributed by atoms with Crippen LogP contribution in [0, 0.1) is 0 Å². The van der Waals surface area contributed by atoms with E-state index >= 15 is 0 Å². The van der Waals surface area contributed by atoms with Crippen LogP contribution in [0.1, 0.15) is 10.4 Å². The maximum absolute atomic E-state index is 12.3. The Kier molecular flexibility index (Phi) is 4.64. The second-order valence-electron chi connectivity index (χ2n) is 3.81. The van der Waals surface area contributed by atoms with Gasteiger partial charge in [0, 0.05) is 11.8 Å². The normalized spacial score (nSPS) is 10.5. The van der Waals surface area contributed by atoms with Crippen LogP contribution in [0.25, 0.3) is 0 Å². The van der Waals surface area contributed by atoms with E-state index in [1.807, 2.05) is 0 Å². The summed E-state index contributed by atoms with van der Waals surface area (Å²) in [5.41, 5.74) is 0.373. The maximum atomic E-state index is 12.3. The first-order chi connectivity index (χ1) is 10.0. The van der Waals surface area contributed by atoms with Crippen molar-refractivity contribution in [3.8, 4) is 11.5 Å². The predicted octanol–water partition coefficient (Wildman–Crippen LogP) is 3.80. The zero-order chi connectivity index (χ0) is 15.4. The highest BCUT2D eigenvalue weighted by Crippen LogP contribution is 2.31. The number of carbonyl (C=O) groups excluding carboxylic acids is 1. The Bertz CT molecular complexity index is 645. The van der Waals surface area contributed by atoms with E-state index < -0.39 is 12.5 Å². The minimum Gasteiger partial charge on any atom is -0.493 e. The average Bonchev–Trinajstić information content (AvgIpc) is 2.85. The van der Waals surface area contributed by atoms with Crippen molar-refractivity contribution in [1.82, 2.24) is 0 Å². The van der Waals surface area contributed by atoms with Crippen LogP contribution in [0.3, 0.4) is 0 Å². The molecule has 0 saturated carbocycles. The van der Waals surface area contributed by atoms with Crippen LogP contribution in [0.4, 0.5) is 14.5 Å². The Hall–Kier alpha value is -2.28. The van der Waals surface area contributed by atoms with E-state index in [0.29, 0.717) is 0 Å². The number of ether oxygens (including phenoxy) is 2. The lowest BCUT2D eigenvalue weighted by molar-refractivity contribution is -0.0511. The van der Waals surface area contributed by atoms with Gasteiger partial charge in [0.25, 0.3) is 5.91 Å². The Morgan fingerprint density at radius 3 is 2.67 bits per heavy atom. The molecule has 0 radical (unpaired) electrons. The number of nitrogens with one attached hydrogen (secondary N) is 1. The van der Waals surface area contributed by atoms with E-state index in [-0.39, 0.29) is 28.0 Å². The van der Waals surface area contributed by atoms with Gasteiger partial charge in [0.1, 0.15) is 0 Å². The number of carbonyl (C=O) groups is 1. The summed E-state index contributed by atoms with van der Waals surface area (Å²) in [5.74, 6) is -0.611. The van der Waals surface area contributed by atoms with Crippen LogP contribution < -0.4 is 14.8 Å². The molecule has 0 aliphatic rings. The fraction of sp³-hybridized carbons (Fsp3) is 0.154. The molecule has 1 amide bonds. The minimum atomic E-state index is -3.01. The Labute approximate surface area is 123 Å². The molecular weight excluding hydrogens is 308 g/mol. The van der Waals surface area contributed by atoms with Gasteiger partial charge < -0.3 is 19.2 Å². The molecular formula is C13H10ClF2NO4. The third-order valence-electron chi connectivity index (χ3n) is 2.50. The number of furan rings is 1. The van der Waals surface area contributed by atoms with Gasteiger partial charge in [0.2, 0.25) is 5.22 Å². The molecule has 0 aliphatic carbocycles. The molecule has 112 valence electrons. The van der Waals surface area contributed by atoms with E-state index in [9.17, 15) is 13.6 Å². The van der Waals surface area contributed by atoms with Gasteiger partial charge in [-0.15, -0.1) is 0 Å². The van der Waals surface area contributed by atoms with Crippen LogP contribution >= 0.6 is 11.6 Å². The zero-order valence-electron chi connectivity index (χ0n) is 10.7. The van der Waals surface area contributed by atoms with E-state index in [1.54, 1.807) is 0 Å². The summed E-state index contributed by atoms with van der Waals surface area (Å²) in [5, 5.41) is 2.42. The highest BCUT2D eigenvalue weighted by molar-refractivity contribution is 6.32. The number of methoxy groups -OCH3 is 1. The monoisotopic (exact) mass is 317 g/mol. The van der Waals surface area contributed by atoms with Crippen molar-refractivity contribution in [2.75, 3.05) is 12.4 Å². The number of anilines is 1. The molecule has 21 heavy (non-hydrogen) atoms. The SMILES string of the molecule is COc1ccc(NC(=O)c2ccoc2Cl)cc1OC(F)F. The Balaban J connectivity index is 2.20. The molecule has 0 saturated heterocycles. The lowest BCUT2D eigenvalue weighted by Crippen LogP contribution is -2.12. The van der Waals surface area contributed by atoms with Gasteiger partial charge in [-0.3, -0.25) is 4.79 Å². The lowest BCUT2D eigenvalue weighted by atomic mass is 10.2. The van der Waals surface area contributed by atoms with Gasteiger partial charge in [0.15, 0.2) is 11.5 Å². The number of rotatable bonds is 5. The van der Waals surface area contributed by atoms with Gasteiger partial charge in [-0.25, -0.2) is 0 Å². The smallest absolute Gasteiger partial charge is 0.387 e. The molecule has 8 heteroatoms.